The van der Waals surface area contributed by atoms with E-state index >= 15 is 0 Å². The van der Waals surface area contributed by atoms with Gasteiger partial charge in [-0.2, -0.15) is 0 Å². The molecule has 2 saturated carbocycles. The van der Waals surface area contributed by atoms with Gasteiger partial charge in [0.1, 0.15) is 24.4 Å². The highest BCUT2D eigenvalue weighted by atomic mass is 16.6. The normalized spacial score (nSPS) is 34.7. The van der Waals surface area contributed by atoms with E-state index in [-0.39, 0.29) is 24.3 Å². The molecule has 2 aliphatic heterocycles. The van der Waals surface area contributed by atoms with Crippen LogP contribution in [-0.2, 0) is 33.3 Å². The fraction of sp³-hybridized carbons (Fsp3) is 0.444. The molecule has 3 fully saturated rings. The Morgan fingerprint density at radius 1 is 0.957 bits per heavy atom. The summed E-state index contributed by atoms with van der Waals surface area (Å²) in [5, 5.41) is 12.8. The molecule has 2 aromatic rings. The molecule has 0 amide bonds. The monoisotopic (exact) mass is 630 g/mol. The summed E-state index contributed by atoms with van der Waals surface area (Å²) in [6, 6.07) is 16.8. The molecule has 0 radical (unpaired) electrons. The van der Waals surface area contributed by atoms with Crippen molar-refractivity contribution in [2.75, 3.05) is 19.8 Å². The zero-order chi connectivity index (χ0) is 32.7. The van der Waals surface area contributed by atoms with E-state index in [2.05, 4.69) is 0 Å². The van der Waals surface area contributed by atoms with Crippen molar-refractivity contribution < 1.29 is 48.0 Å². The van der Waals surface area contributed by atoms with Crippen LogP contribution in [0.1, 0.15) is 60.7 Å². The molecule has 1 saturated heterocycles. The zero-order valence-corrected chi connectivity index (χ0v) is 26.1. The molecule has 2 aromatic carbocycles. The van der Waals surface area contributed by atoms with Crippen LogP contribution in [-0.4, -0.2) is 72.2 Å². The molecule has 6 rings (SSSR count). The van der Waals surface area contributed by atoms with Crippen molar-refractivity contribution in [3.8, 4) is 0 Å². The fourth-order valence-corrected chi connectivity index (χ4v) is 7.86. The lowest BCUT2D eigenvalue weighted by Gasteiger charge is -2.66. The van der Waals surface area contributed by atoms with E-state index in [1.165, 1.54) is 13.0 Å². The molecule has 0 bridgehead atoms. The lowest BCUT2D eigenvalue weighted by molar-refractivity contribution is -0.291. The average molecular weight is 631 g/mol. The van der Waals surface area contributed by atoms with Gasteiger partial charge in [0.2, 0.25) is 0 Å². The lowest BCUT2D eigenvalue weighted by atomic mass is 9.41. The molecule has 7 atom stereocenters. The summed E-state index contributed by atoms with van der Waals surface area (Å²) in [6.07, 6.45) is 4.06. The number of aliphatic hydroxyl groups is 1. The minimum Gasteiger partial charge on any atom is -0.465 e. The smallest absolute Gasteiger partial charge is 0.338 e. The van der Waals surface area contributed by atoms with Crippen molar-refractivity contribution in [1.82, 2.24) is 0 Å². The molecule has 242 valence electrons. The van der Waals surface area contributed by atoms with Gasteiger partial charge in [0, 0.05) is 18.4 Å². The molecule has 10 heteroatoms. The number of esters is 4. The maximum Gasteiger partial charge on any atom is 0.338 e. The number of fused-ring (bicyclic) bond motifs is 2. The summed E-state index contributed by atoms with van der Waals surface area (Å²) in [7, 11) is 0. The fourth-order valence-electron chi connectivity index (χ4n) is 7.86. The predicted molar refractivity (Wildman–Crippen MR) is 163 cm³/mol. The third kappa shape index (κ3) is 5.23. The Morgan fingerprint density at radius 3 is 2.07 bits per heavy atom. The second-order valence-electron chi connectivity index (χ2n) is 13.0. The van der Waals surface area contributed by atoms with Gasteiger partial charge in [-0.15, -0.1) is 0 Å². The van der Waals surface area contributed by atoms with Gasteiger partial charge in [0.15, 0.2) is 12.2 Å². The first-order valence-electron chi connectivity index (χ1n) is 15.5. The number of cyclic esters (lactones) is 1. The van der Waals surface area contributed by atoms with Gasteiger partial charge in [0.25, 0.3) is 0 Å². The first-order chi connectivity index (χ1) is 21.9. The second-order valence-corrected chi connectivity index (χ2v) is 13.0. The lowest BCUT2D eigenvalue weighted by Crippen LogP contribution is -2.77. The van der Waals surface area contributed by atoms with Crippen LogP contribution in [0.25, 0.3) is 0 Å². The summed E-state index contributed by atoms with van der Waals surface area (Å²) in [5.74, 6) is -2.91. The van der Waals surface area contributed by atoms with E-state index < -0.39 is 64.0 Å². The Bertz CT molecular complexity index is 1570. The number of carbonyl (C=O) groups excluding carboxylic acids is 4. The van der Waals surface area contributed by atoms with Crippen LogP contribution in [0.2, 0.25) is 0 Å². The number of ether oxygens (including phenoxy) is 5. The standard InChI is InChI=1S/C36H38O10/c1-23(37)43-22-36-27(15-10-17-35(36)21-44-35)33(2,18-16-24-19-28(38)42-20-24)34(3,41)29(45-31(39)25-11-6-4-7-12-25)30(36)46-32(40)26-13-8-5-9-14-26/h4-9,11-14,16,18-19,27,29-30,41H,10,15,17,20-22H2,1-3H3/b18-16+/t27-,29+,30+,33+,34+,35+,36+/m1/s1. The molecule has 2 aliphatic carbocycles. The number of epoxide rings is 1. The first kappa shape index (κ1) is 31.7. The van der Waals surface area contributed by atoms with Crippen molar-refractivity contribution >= 4 is 23.9 Å². The van der Waals surface area contributed by atoms with Crippen molar-refractivity contribution in [3.05, 3.63) is 95.6 Å². The largest absolute Gasteiger partial charge is 0.465 e. The SMILES string of the molecule is CC(=O)OC[C@@]12[C@@H](OC(=O)c3ccccc3)[C@H](OC(=O)c3ccccc3)[C@](C)(O)[C@@](C)(/C=C/C3=CC(=O)OC3)[C@H]1CCC[C@]21CO1. The van der Waals surface area contributed by atoms with Crippen molar-refractivity contribution in [2.45, 2.75) is 63.4 Å². The minimum absolute atomic E-state index is 0.0770. The molecule has 4 aliphatic rings. The summed E-state index contributed by atoms with van der Waals surface area (Å²) in [6.45, 7) is 4.90. The van der Waals surface area contributed by atoms with E-state index in [0.717, 1.165) is 6.42 Å². The maximum absolute atomic E-state index is 13.8. The van der Waals surface area contributed by atoms with Gasteiger partial charge in [-0.1, -0.05) is 61.9 Å². The van der Waals surface area contributed by atoms with E-state index in [0.29, 0.717) is 25.0 Å². The van der Waals surface area contributed by atoms with E-state index in [9.17, 15) is 24.3 Å². The maximum atomic E-state index is 13.8. The van der Waals surface area contributed by atoms with Crippen LogP contribution in [0, 0.1) is 16.7 Å². The topological polar surface area (TPSA) is 138 Å². The van der Waals surface area contributed by atoms with E-state index in [1.54, 1.807) is 73.7 Å². The van der Waals surface area contributed by atoms with Crippen molar-refractivity contribution in [3.63, 3.8) is 0 Å². The molecular formula is C36H38O10. The molecule has 1 N–H and O–H groups in total. The molecule has 0 aromatic heterocycles. The molecule has 10 nitrogen and oxygen atoms in total. The van der Waals surface area contributed by atoms with Gasteiger partial charge in [-0.25, -0.2) is 14.4 Å². The van der Waals surface area contributed by atoms with Gasteiger partial charge in [-0.05, 0) is 55.5 Å². The van der Waals surface area contributed by atoms with Crippen LogP contribution in [0.5, 0.6) is 0 Å². The van der Waals surface area contributed by atoms with Gasteiger partial charge in [-0.3, -0.25) is 4.79 Å². The third-order valence-corrected chi connectivity index (χ3v) is 10.5. The predicted octanol–water partition coefficient (Wildman–Crippen LogP) is 4.37. The molecular weight excluding hydrogens is 592 g/mol. The Labute approximate surface area is 267 Å². The Morgan fingerprint density at radius 2 is 1.54 bits per heavy atom. The highest BCUT2D eigenvalue weighted by Gasteiger charge is 2.80. The van der Waals surface area contributed by atoms with Crippen LogP contribution in [0.3, 0.4) is 0 Å². The third-order valence-electron chi connectivity index (χ3n) is 10.5. The highest BCUT2D eigenvalue weighted by Crippen LogP contribution is 2.70. The van der Waals surface area contributed by atoms with E-state index in [4.69, 9.17) is 23.7 Å². The van der Waals surface area contributed by atoms with Crippen LogP contribution in [0.15, 0.2) is 84.5 Å². The Balaban J connectivity index is 1.55. The average Bonchev–Trinajstić information content (AvgIpc) is 3.71. The second kappa shape index (κ2) is 11.8. The number of rotatable bonds is 8. The van der Waals surface area contributed by atoms with Crippen molar-refractivity contribution in [2.24, 2.45) is 16.7 Å². The summed E-state index contributed by atoms with van der Waals surface area (Å²) >= 11 is 0. The summed E-state index contributed by atoms with van der Waals surface area (Å²) in [5.41, 5.74) is -4.04. The van der Waals surface area contributed by atoms with Crippen LogP contribution in [0.4, 0.5) is 0 Å². The summed E-state index contributed by atoms with van der Waals surface area (Å²) < 4.78 is 29.8. The number of hydrogen-bond acceptors (Lipinski definition) is 10. The van der Waals surface area contributed by atoms with Gasteiger partial charge < -0.3 is 28.8 Å². The Hall–Kier alpha value is -4.28. The van der Waals surface area contributed by atoms with Gasteiger partial charge >= 0.3 is 23.9 Å². The minimum atomic E-state index is -1.85. The van der Waals surface area contributed by atoms with Crippen LogP contribution >= 0.6 is 0 Å². The number of hydrogen-bond donors (Lipinski definition) is 1. The first-order valence-corrected chi connectivity index (χ1v) is 15.5. The highest BCUT2D eigenvalue weighted by molar-refractivity contribution is 5.90. The molecule has 0 unspecified atom stereocenters. The van der Waals surface area contributed by atoms with Crippen molar-refractivity contribution in [1.29, 1.82) is 0 Å². The zero-order valence-electron chi connectivity index (χ0n) is 26.1. The quantitative estimate of drug-likeness (QED) is 0.254. The molecule has 2 heterocycles. The van der Waals surface area contributed by atoms with Crippen LogP contribution < -0.4 is 0 Å². The molecule has 1 spiro atoms. The summed E-state index contributed by atoms with van der Waals surface area (Å²) in [4.78, 5) is 51.9. The number of carbonyl (C=O) groups is 4. The van der Waals surface area contributed by atoms with E-state index in [1.807, 2.05) is 13.0 Å². The van der Waals surface area contributed by atoms with Gasteiger partial charge in [0.05, 0.1) is 23.1 Å². The number of benzene rings is 2. The Kier molecular flexibility index (Phi) is 8.14. The molecule has 46 heavy (non-hydrogen) atoms.